The third kappa shape index (κ3) is 2.76. The van der Waals surface area contributed by atoms with Crippen LogP contribution in [0.1, 0.15) is 44.9 Å². The smallest absolute Gasteiger partial charge is 0.308 e. The number of aromatic nitrogens is 2. The molecule has 0 aliphatic carbocycles. The molecule has 0 saturated carbocycles. The summed E-state index contributed by atoms with van der Waals surface area (Å²) in [5.74, 6) is -0.153. The van der Waals surface area contributed by atoms with Crippen LogP contribution in [0.3, 0.4) is 0 Å². The summed E-state index contributed by atoms with van der Waals surface area (Å²) in [5, 5.41) is 7.51. The maximum Gasteiger partial charge on any atom is 0.308 e. The SMILES string of the molecule is CN1C(=O)c2nc(N3CCC[C@H](N)C3)n(Cc3ccccc3C#[NH+])c2C1=O. The number of nitrogens with two attached hydrogens (primary N) is 1. The third-order valence-corrected chi connectivity index (χ3v) is 5.18. The highest BCUT2D eigenvalue weighted by Gasteiger charge is 2.41. The van der Waals surface area contributed by atoms with E-state index in [1.807, 2.05) is 23.1 Å². The zero-order valence-electron chi connectivity index (χ0n) is 15.1. The fourth-order valence-electron chi connectivity index (χ4n) is 3.75. The highest BCUT2D eigenvalue weighted by Crippen LogP contribution is 2.30. The molecule has 27 heavy (non-hydrogen) atoms. The van der Waals surface area contributed by atoms with Crippen molar-refractivity contribution in [3.63, 3.8) is 0 Å². The summed E-state index contributed by atoms with van der Waals surface area (Å²) >= 11 is 0. The van der Waals surface area contributed by atoms with Gasteiger partial charge in [0.15, 0.2) is 5.69 Å². The van der Waals surface area contributed by atoms with Crippen molar-refractivity contribution in [2.24, 2.45) is 5.73 Å². The Balaban J connectivity index is 1.83. The Bertz CT molecular complexity index is 973. The lowest BCUT2D eigenvalue weighted by molar-refractivity contribution is -0.0909. The van der Waals surface area contributed by atoms with Crippen molar-refractivity contribution in [2.75, 3.05) is 25.0 Å². The van der Waals surface area contributed by atoms with Gasteiger partial charge >= 0.3 is 6.07 Å². The lowest BCUT2D eigenvalue weighted by Crippen LogP contribution is -2.44. The van der Waals surface area contributed by atoms with Crippen LogP contribution in [0.15, 0.2) is 24.3 Å². The number of fused-ring (bicyclic) bond motifs is 1. The number of nitrogens with one attached hydrogen (secondary N) is 1. The number of hydrogen-bond acceptors (Lipinski definition) is 5. The molecule has 1 saturated heterocycles. The van der Waals surface area contributed by atoms with E-state index in [-0.39, 0.29) is 23.6 Å². The molecular formula is C19H21N6O2+. The Morgan fingerprint density at radius 3 is 2.81 bits per heavy atom. The van der Waals surface area contributed by atoms with E-state index < -0.39 is 0 Å². The lowest BCUT2D eigenvalue weighted by atomic mass is 10.1. The van der Waals surface area contributed by atoms with Gasteiger partial charge in [-0.05, 0) is 24.5 Å². The van der Waals surface area contributed by atoms with E-state index in [0.717, 1.165) is 29.8 Å². The minimum Gasteiger partial charge on any atom is -0.341 e. The van der Waals surface area contributed by atoms with Crippen molar-refractivity contribution in [1.82, 2.24) is 14.5 Å². The number of carbonyl (C=O) groups is 2. The first-order valence-corrected chi connectivity index (χ1v) is 8.95. The second kappa shape index (κ2) is 6.52. The molecule has 2 aromatic rings. The number of rotatable bonds is 3. The Labute approximate surface area is 156 Å². The van der Waals surface area contributed by atoms with E-state index in [4.69, 9.17) is 11.0 Å². The first-order chi connectivity index (χ1) is 13.0. The van der Waals surface area contributed by atoms with Crippen LogP contribution in [-0.2, 0) is 6.54 Å². The molecule has 3 N–H and O–H groups in total. The Morgan fingerprint density at radius 1 is 1.30 bits per heavy atom. The molecular weight excluding hydrogens is 344 g/mol. The van der Waals surface area contributed by atoms with Gasteiger partial charge in [-0.3, -0.25) is 14.5 Å². The van der Waals surface area contributed by atoms with Crippen molar-refractivity contribution in [3.8, 4) is 6.07 Å². The molecule has 8 heteroatoms. The van der Waals surface area contributed by atoms with Gasteiger partial charge < -0.3 is 15.2 Å². The topological polar surface area (TPSA) is 108 Å². The number of hydrogen-bond donors (Lipinski definition) is 2. The van der Waals surface area contributed by atoms with E-state index in [1.165, 1.54) is 7.05 Å². The van der Waals surface area contributed by atoms with Crippen LogP contribution >= 0.6 is 0 Å². The molecule has 0 bridgehead atoms. The first kappa shape index (κ1) is 17.2. The maximum atomic E-state index is 12.7. The van der Waals surface area contributed by atoms with Gasteiger partial charge in [-0.15, -0.1) is 0 Å². The zero-order valence-corrected chi connectivity index (χ0v) is 15.1. The minimum absolute atomic E-state index is 0.0370. The van der Waals surface area contributed by atoms with E-state index >= 15 is 0 Å². The van der Waals surface area contributed by atoms with E-state index in [2.05, 4.69) is 11.1 Å². The molecule has 1 fully saturated rings. The third-order valence-electron chi connectivity index (χ3n) is 5.18. The predicted octanol–water partition coefficient (Wildman–Crippen LogP) is -0.794. The number of piperidine rings is 1. The molecule has 2 aliphatic heterocycles. The fourth-order valence-corrected chi connectivity index (χ4v) is 3.75. The molecule has 0 unspecified atom stereocenters. The summed E-state index contributed by atoms with van der Waals surface area (Å²) in [6, 6.07) is 9.87. The number of anilines is 1. The fraction of sp³-hybridized carbons (Fsp3) is 0.368. The molecule has 2 amide bonds. The number of imidazole rings is 1. The van der Waals surface area contributed by atoms with Crippen LogP contribution in [0, 0.1) is 6.07 Å². The van der Waals surface area contributed by atoms with Gasteiger partial charge in [-0.2, -0.15) is 0 Å². The van der Waals surface area contributed by atoms with E-state index in [1.54, 1.807) is 10.6 Å². The van der Waals surface area contributed by atoms with Crippen molar-refractivity contribution in [3.05, 3.63) is 46.8 Å². The van der Waals surface area contributed by atoms with Crippen LogP contribution in [0.5, 0.6) is 0 Å². The number of carbonyl (C=O) groups excluding carboxylic acids is 2. The maximum absolute atomic E-state index is 12.7. The normalized spacial score (nSPS) is 19.4. The molecule has 138 valence electrons. The lowest BCUT2D eigenvalue weighted by Gasteiger charge is -2.32. The van der Waals surface area contributed by atoms with E-state index in [0.29, 0.717) is 30.3 Å². The van der Waals surface area contributed by atoms with Gasteiger partial charge in [0.2, 0.25) is 5.95 Å². The summed E-state index contributed by atoms with van der Waals surface area (Å²) in [5.41, 5.74) is 8.10. The second-order valence-corrected chi connectivity index (χ2v) is 6.99. The summed E-state index contributed by atoms with van der Waals surface area (Å²) in [4.78, 5) is 32.8. The number of amides is 2. The molecule has 1 atom stereocenters. The van der Waals surface area contributed by atoms with Gasteiger partial charge in [0.1, 0.15) is 11.3 Å². The van der Waals surface area contributed by atoms with Crippen LogP contribution in [-0.4, -0.2) is 52.4 Å². The van der Waals surface area contributed by atoms with E-state index in [9.17, 15) is 9.59 Å². The highest BCUT2D eigenvalue weighted by atomic mass is 16.2. The highest BCUT2D eigenvalue weighted by molar-refractivity contribution is 6.19. The van der Waals surface area contributed by atoms with Crippen molar-refractivity contribution < 1.29 is 14.9 Å². The molecule has 1 aromatic carbocycles. The van der Waals surface area contributed by atoms with Crippen molar-refractivity contribution in [2.45, 2.75) is 25.4 Å². The van der Waals surface area contributed by atoms with Crippen LogP contribution in [0.2, 0.25) is 0 Å². The number of nitrogens with zero attached hydrogens (tertiary/aromatic N) is 4. The van der Waals surface area contributed by atoms with Gasteiger partial charge in [-0.25, -0.2) is 4.98 Å². The molecule has 1 aromatic heterocycles. The predicted molar refractivity (Wildman–Crippen MR) is 97.6 cm³/mol. The summed E-state index contributed by atoms with van der Waals surface area (Å²) in [6.45, 7) is 1.74. The zero-order chi connectivity index (χ0) is 19.1. The first-order valence-electron chi connectivity index (χ1n) is 8.95. The molecule has 4 rings (SSSR count). The minimum atomic E-state index is -0.386. The van der Waals surface area contributed by atoms with Gasteiger partial charge in [0.25, 0.3) is 11.8 Å². The van der Waals surface area contributed by atoms with Gasteiger partial charge in [0.05, 0.1) is 6.54 Å². The van der Waals surface area contributed by atoms with Crippen molar-refractivity contribution in [1.29, 1.82) is 0 Å². The molecule has 8 nitrogen and oxygen atoms in total. The molecule has 0 spiro atoms. The average molecular weight is 365 g/mol. The Morgan fingerprint density at radius 2 is 2.07 bits per heavy atom. The second-order valence-electron chi connectivity index (χ2n) is 6.99. The van der Waals surface area contributed by atoms with Crippen LogP contribution in [0.25, 0.3) is 0 Å². The number of imide groups is 1. The Hall–Kier alpha value is -3.18. The summed E-state index contributed by atoms with van der Waals surface area (Å²) in [6.07, 6.45) is 1.88. The quantitative estimate of drug-likeness (QED) is 0.693. The molecule has 2 aliphatic rings. The standard InChI is InChI=1S/C19H20N6O2/c1-23-17(26)15-16(18(23)27)25(10-13-6-3-2-5-12(13)9-20)19(22-15)24-8-4-7-14(21)11-24/h2-3,5-6,14H,4,7-8,10-11,21H2,1H3/p+1/t14-/m0/s1. The Kier molecular flexibility index (Phi) is 4.16. The number of benzene rings is 1. The van der Waals surface area contributed by atoms with Gasteiger partial charge in [-0.1, -0.05) is 23.5 Å². The molecule has 3 heterocycles. The average Bonchev–Trinajstić information content (AvgIpc) is 3.14. The van der Waals surface area contributed by atoms with Gasteiger partial charge in [0, 0.05) is 26.2 Å². The van der Waals surface area contributed by atoms with Crippen LogP contribution in [0.4, 0.5) is 5.95 Å². The largest absolute Gasteiger partial charge is 0.341 e. The molecule has 0 radical (unpaired) electrons. The summed E-state index contributed by atoms with van der Waals surface area (Å²) < 4.78 is 1.78. The van der Waals surface area contributed by atoms with Crippen LogP contribution < -0.4 is 15.9 Å². The van der Waals surface area contributed by atoms with Crippen molar-refractivity contribution >= 4 is 17.8 Å². The summed E-state index contributed by atoms with van der Waals surface area (Å²) in [7, 11) is 1.46. The monoisotopic (exact) mass is 365 g/mol.